The van der Waals surface area contributed by atoms with Gasteiger partial charge in [0.2, 0.25) is 10.0 Å². The van der Waals surface area contributed by atoms with Gasteiger partial charge in [0.1, 0.15) is 5.75 Å². The highest BCUT2D eigenvalue weighted by Crippen LogP contribution is 2.33. The van der Waals surface area contributed by atoms with Crippen molar-refractivity contribution in [3.63, 3.8) is 0 Å². The molecule has 1 saturated heterocycles. The Bertz CT molecular complexity index is 913. The Morgan fingerprint density at radius 2 is 1.60 bits per heavy atom. The van der Waals surface area contributed by atoms with Crippen LogP contribution in [0.1, 0.15) is 62.2 Å². The molecule has 1 N–H and O–H groups in total. The normalized spacial score (nSPS) is 19.9. The van der Waals surface area contributed by atoms with Crippen LogP contribution >= 0.6 is 12.4 Å². The smallest absolute Gasteiger partial charge is 0.406 e. The quantitative estimate of drug-likeness (QED) is 0.499. The first-order chi connectivity index (χ1) is 16.0. The second kappa shape index (κ2) is 12.6. The molecule has 0 aromatic heterocycles. The molecule has 1 aliphatic heterocycles. The molecule has 35 heavy (non-hydrogen) atoms. The van der Waals surface area contributed by atoms with Crippen molar-refractivity contribution < 1.29 is 31.1 Å². The number of alkyl halides is 3. The van der Waals surface area contributed by atoms with Gasteiger partial charge >= 0.3 is 6.36 Å². The van der Waals surface area contributed by atoms with E-state index in [1.165, 1.54) is 12.1 Å². The van der Waals surface area contributed by atoms with E-state index in [9.17, 15) is 26.4 Å². The van der Waals surface area contributed by atoms with Crippen molar-refractivity contribution in [2.24, 2.45) is 0 Å². The number of ether oxygens (including phenoxy) is 1. The van der Waals surface area contributed by atoms with E-state index < -0.39 is 16.4 Å². The number of benzene rings is 1. The summed E-state index contributed by atoms with van der Waals surface area (Å²) in [7, 11) is -3.24. The van der Waals surface area contributed by atoms with Crippen LogP contribution in [-0.4, -0.2) is 73.9 Å². The van der Waals surface area contributed by atoms with Gasteiger partial charge in [-0.3, -0.25) is 9.69 Å². The number of hydrogen-bond donors (Lipinski definition) is 1. The van der Waals surface area contributed by atoms with E-state index >= 15 is 0 Å². The van der Waals surface area contributed by atoms with Crippen molar-refractivity contribution >= 4 is 28.3 Å². The second-order valence-electron chi connectivity index (χ2n) is 9.10. The van der Waals surface area contributed by atoms with Gasteiger partial charge in [-0.2, -0.15) is 4.31 Å². The third-order valence-corrected chi connectivity index (χ3v) is 8.80. The molecule has 0 unspecified atom stereocenters. The molecule has 0 spiro atoms. The van der Waals surface area contributed by atoms with Crippen LogP contribution in [0.15, 0.2) is 24.3 Å². The summed E-state index contributed by atoms with van der Waals surface area (Å²) in [5.74, 6) is -0.576. The highest BCUT2D eigenvalue weighted by Gasteiger charge is 2.40. The lowest BCUT2D eigenvalue weighted by Crippen LogP contribution is -2.61. The molecule has 2 fully saturated rings. The summed E-state index contributed by atoms with van der Waals surface area (Å²) in [6.45, 7) is 4.38. The topological polar surface area (TPSA) is 79.0 Å². The molecule has 0 bridgehead atoms. The van der Waals surface area contributed by atoms with Crippen LogP contribution in [0.3, 0.4) is 0 Å². The average molecular weight is 542 g/mol. The Balaban J connectivity index is 0.00000432. The maximum absolute atomic E-state index is 12.8. The fourth-order valence-corrected chi connectivity index (χ4v) is 6.47. The van der Waals surface area contributed by atoms with E-state index in [1.807, 2.05) is 6.92 Å². The average Bonchev–Trinajstić information content (AvgIpc) is 3.04. The first kappa shape index (κ1) is 29.7. The lowest BCUT2D eigenvalue weighted by Gasteiger charge is -2.47. The fraction of sp³-hybridized carbons (Fsp3) is 0.696. The zero-order valence-electron chi connectivity index (χ0n) is 20.0. The summed E-state index contributed by atoms with van der Waals surface area (Å²) in [5.41, 5.74) is 0.000292. The molecule has 1 aromatic rings. The third-order valence-electron chi connectivity index (χ3n) is 6.73. The minimum Gasteiger partial charge on any atom is -0.406 e. The standard InChI is InChI=1S/C23H34F3N3O4S.ClH/c1-2-17-34(31,32)29-15-13-28(14-16-29)22(11-5-3-4-6-12-22)18-27-21(30)19-7-9-20(10-8-19)33-23(24,25)26;/h7-10H,2-6,11-18H2,1H3,(H,27,30);1H. The van der Waals surface area contributed by atoms with Crippen LogP contribution in [0.2, 0.25) is 0 Å². The van der Waals surface area contributed by atoms with Crippen LogP contribution in [0.4, 0.5) is 13.2 Å². The highest BCUT2D eigenvalue weighted by atomic mass is 35.5. The van der Waals surface area contributed by atoms with Gasteiger partial charge in [0, 0.05) is 43.8 Å². The molecule has 7 nitrogen and oxygen atoms in total. The number of sulfonamides is 1. The Labute approximate surface area is 211 Å². The SMILES string of the molecule is CCCS(=O)(=O)N1CCN(C2(CNC(=O)c3ccc(OC(F)(F)F)cc3)CCCCCC2)CC1.Cl. The van der Waals surface area contributed by atoms with Crippen LogP contribution in [-0.2, 0) is 10.0 Å². The number of amides is 1. The summed E-state index contributed by atoms with van der Waals surface area (Å²) in [6.07, 6.45) is 1.95. The molecule has 0 atom stereocenters. The van der Waals surface area contributed by atoms with Crippen LogP contribution in [0.25, 0.3) is 0 Å². The van der Waals surface area contributed by atoms with E-state index in [-0.39, 0.29) is 40.9 Å². The Morgan fingerprint density at radius 1 is 1.03 bits per heavy atom. The number of nitrogens with one attached hydrogen (secondary N) is 1. The lowest BCUT2D eigenvalue weighted by molar-refractivity contribution is -0.274. The lowest BCUT2D eigenvalue weighted by atomic mass is 9.87. The Kier molecular flexibility index (Phi) is 10.7. The molecule has 1 heterocycles. The maximum Gasteiger partial charge on any atom is 0.573 e. The van der Waals surface area contributed by atoms with Gasteiger partial charge in [-0.05, 0) is 43.5 Å². The number of rotatable bonds is 8. The molecule has 1 aromatic carbocycles. The molecule has 2 aliphatic rings. The summed E-state index contributed by atoms with van der Waals surface area (Å²) in [5, 5.41) is 2.99. The minimum atomic E-state index is -4.78. The fourth-order valence-electron chi connectivity index (χ4n) is 4.97. The summed E-state index contributed by atoms with van der Waals surface area (Å²) < 4.78 is 67.4. The van der Waals surface area contributed by atoms with Gasteiger partial charge in [-0.1, -0.05) is 32.6 Å². The van der Waals surface area contributed by atoms with E-state index in [0.717, 1.165) is 50.7 Å². The molecule has 1 saturated carbocycles. The van der Waals surface area contributed by atoms with Gasteiger partial charge in [-0.15, -0.1) is 25.6 Å². The van der Waals surface area contributed by atoms with E-state index in [1.54, 1.807) is 4.31 Å². The van der Waals surface area contributed by atoms with E-state index in [0.29, 0.717) is 39.1 Å². The van der Waals surface area contributed by atoms with Crippen molar-refractivity contribution in [3.8, 4) is 5.75 Å². The first-order valence-electron chi connectivity index (χ1n) is 11.9. The summed E-state index contributed by atoms with van der Waals surface area (Å²) in [6, 6.07) is 4.88. The first-order valence-corrected chi connectivity index (χ1v) is 13.5. The predicted octanol–water partition coefficient (Wildman–Crippen LogP) is 4.19. The maximum atomic E-state index is 12.8. The highest BCUT2D eigenvalue weighted by molar-refractivity contribution is 7.89. The largest absolute Gasteiger partial charge is 0.573 e. The summed E-state index contributed by atoms with van der Waals surface area (Å²) >= 11 is 0. The van der Waals surface area contributed by atoms with Gasteiger partial charge < -0.3 is 10.1 Å². The zero-order valence-corrected chi connectivity index (χ0v) is 21.6. The van der Waals surface area contributed by atoms with E-state index in [4.69, 9.17) is 0 Å². The number of nitrogens with zero attached hydrogens (tertiary/aromatic N) is 2. The third kappa shape index (κ3) is 8.23. The second-order valence-corrected chi connectivity index (χ2v) is 11.2. The molecule has 3 rings (SSSR count). The van der Waals surface area contributed by atoms with Gasteiger partial charge in [0.15, 0.2) is 0 Å². The number of halogens is 4. The number of carbonyl (C=O) groups is 1. The molecule has 200 valence electrons. The van der Waals surface area contributed by atoms with Crippen LogP contribution in [0, 0.1) is 0 Å². The molecular formula is C23H35ClF3N3O4S. The molecule has 1 aliphatic carbocycles. The van der Waals surface area contributed by atoms with Gasteiger partial charge in [0.05, 0.1) is 5.75 Å². The number of hydrogen-bond acceptors (Lipinski definition) is 5. The molecule has 12 heteroatoms. The van der Waals surface area contributed by atoms with Crippen molar-refractivity contribution in [3.05, 3.63) is 29.8 Å². The van der Waals surface area contributed by atoms with Crippen molar-refractivity contribution in [2.45, 2.75) is 63.8 Å². The number of carbonyl (C=O) groups excluding carboxylic acids is 1. The predicted molar refractivity (Wildman–Crippen MR) is 130 cm³/mol. The van der Waals surface area contributed by atoms with Gasteiger partial charge in [0.25, 0.3) is 5.91 Å². The van der Waals surface area contributed by atoms with Crippen LogP contribution in [0.5, 0.6) is 5.75 Å². The number of piperazine rings is 1. The van der Waals surface area contributed by atoms with Gasteiger partial charge in [-0.25, -0.2) is 8.42 Å². The Morgan fingerprint density at radius 3 is 2.11 bits per heavy atom. The van der Waals surface area contributed by atoms with Crippen molar-refractivity contribution in [1.29, 1.82) is 0 Å². The van der Waals surface area contributed by atoms with Crippen LogP contribution < -0.4 is 10.1 Å². The molecular weight excluding hydrogens is 507 g/mol. The zero-order chi connectivity index (χ0) is 24.8. The minimum absolute atomic E-state index is 0. The van der Waals surface area contributed by atoms with Crippen molar-refractivity contribution in [2.75, 3.05) is 38.5 Å². The monoisotopic (exact) mass is 541 g/mol. The Hall–Kier alpha value is -1.56. The molecule has 0 radical (unpaired) electrons. The molecule has 1 amide bonds. The van der Waals surface area contributed by atoms with Crippen molar-refractivity contribution in [1.82, 2.24) is 14.5 Å². The van der Waals surface area contributed by atoms with E-state index in [2.05, 4.69) is 15.0 Å². The summed E-state index contributed by atoms with van der Waals surface area (Å²) in [4.78, 5) is 15.1.